The second-order valence-corrected chi connectivity index (χ2v) is 6.92. The van der Waals surface area contributed by atoms with Gasteiger partial charge in [0.2, 0.25) is 0 Å². The molecule has 0 atom stereocenters. The van der Waals surface area contributed by atoms with Gasteiger partial charge in [0.25, 0.3) is 10.0 Å². The largest absolute Gasteiger partial charge is 0.396 e. The van der Waals surface area contributed by atoms with Gasteiger partial charge in [-0.05, 0) is 36.4 Å². The lowest BCUT2D eigenvalue weighted by Crippen LogP contribution is -2.13. The van der Waals surface area contributed by atoms with Crippen LogP contribution in [-0.4, -0.2) is 8.42 Å². The SMILES string of the molecule is Nc1cc(S(=O)(=O)Nc2ccc(Br)cc2Cl)ccc1F. The number of rotatable bonds is 3. The number of benzene rings is 2. The lowest BCUT2D eigenvalue weighted by Gasteiger charge is -2.10. The average Bonchev–Trinajstić information content (AvgIpc) is 2.36. The Morgan fingerprint density at radius 2 is 1.90 bits per heavy atom. The molecule has 0 aliphatic heterocycles. The third kappa shape index (κ3) is 3.23. The standard InChI is InChI=1S/C12H9BrClFN2O2S/c13-7-1-4-12(9(14)5-7)17-20(18,19)8-2-3-10(15)11(16)6-8/h1-6,17H,16H2. The van der Waals surface area contributed by atoms with Crippen LogP contribution in [0.15, 0.2) is 45.8 Å². The van der Waals surface area contributed by atoms with Crippen LogP contribution < -0.4 is 10.5 Å². The summed E-state index contributed by atoms with van der Waals surface area (Å²) in [4.78, 5) is -0.143. The summed E-state index contributed by atoms with van der Waals surface area (Å²) in [5, 5.41) is 0.234. The molecule has 3 N–H and O–H groups in total. The maximum Gasteiger partial charge on any atom is 0.262 e. The van der Waals surface area contributed by atoms with E-state index in [-0.39, 0.29) is 21.3 Å². The van der Waals surface area contributed by atoms with E-state index >= 15 is 0 Å². The van der Waals surface area contributed by atoms with Gasteiger partial charge in [-0.3, -0.25) is 4.72 Å². The molecule has 2 aromatic rings. The Balaban J connectivity index is 2.38. The summed E-state index contributed by atoms with van der Waals surface area (Å²) < 4.78 is 40.4. The van der Waals surface area contributed by atoms with Crippen molar-refractivity contribution in [1.82, 2.24) is 0 Å². The van der Waals surface area contributed by atoms with E-state index in [9.17, 15) is 12.8 Å². The highest BCUT2D eigenvalue weighted by Gasteiger charge is 2.17. The molecule has 0 spiro atoms. The van der Waals surface area contributed by atoms with Crippen LogP contribution in [0.25, 0.3) is 0 Å². The molecular formula is C12H9BrClFN2O2S. The predicted octanol–water partition coefficient (Wildman–Crippen LogP) is 3.62. The van der Waals surface area contributed by atoms with E-state index in [1.54, 1.807) is 12.1 Å². The Kier molecular flexibility index (Phi) is 4.22. The fourth-order valence-corrected chi connectivity index (χ4v) is 3.36. The first-order valence-electron chi connectivity index (χ1n) is 5.32. The molecule has 0 heterocycles. The maximum absolute atomic E-state index is 13.1. The van der Waals surface area contributed by atoms with Gasteiger partial charge >= 0.3 is 0 Å². The summed E-state index contributed by atoms with van der Waals surface area (Å²) >= 11 is 9.16. The fraction of sp³-hybridized carbons (Fsp3) is 0. The second-order valence-electron chi connectivity index (χ2n) is 3.91. The number of nitrogen functional groups attached to an aromatic ring is 1. The van der Waals surface area contributed by atoms with E-state index in [1.807, 2.05) is 0 Å². The Morgan fingerprint density at radius 3 is 2.50 bits per heavy atom. The molecule has 0 aromatic heterocycles. The summed E-state index contributed by atoms with van der Waals surface area (Å²) in [5.74, 6) is -0.675. The summed E-state index contributed by atoms with van der Waals surface area (Å²) in [5.41, 5.74) is 5.34. The number of anilines is 2. The zero-order valence-corrected chi connectivity index (χ0v) is 13.1. The number of nitrogens with two attached hydrogens (primary N) is 1. The highest BCUT2D eigenvalue weighted by molar-refractivity contribution is 9.10. The number of nitrogens with one attached hydrogen (secondary N) is 1. The van der Waals surface area contributed by atoms with Crippen molar-refractivity contribution < 1.29 is 12.8 Å². The third-order valence-electron chi connectivity index (χ3n) is 2.45. The highest BCUT2D eigenvalue weighted by atomic mass is 79.9. The molecule has 20 heavy (non-hydrogen) atoms. The first kappa shape index (κ1) is 15.1. The molecule has 0 aliphatic carbocycles. The van der Waals surface area contributed by atoms with Crippen LogP contribution in [0.4, 0.5) is 15.8 Å². The van der Waals surface area contributed by atoms with Crippen LogP contribution in [0.1, 0.15) is 0 Å². The Morgan fingerprint density at radius 1 is 1.20 bits per heavy atom. The van der Waals surface area contributed by atoms with Crippen molar-refractivity contribution in [2.24, 2.45) is 0 Å². The molecule has 0 fully saturated rings. The number of halogens is 3. The highest BCUT2D eigenvalue weighted by Crippen LogP contribution is 2.28. The summed E-state index contributed by atoms with van der Waals surface area (Å²) in [6.07, 6.45) is 0. The van der Waals surface area contributed by atoms with Crippen LogP contribution in [-0.2, 0) is 10.0 Å². The summed E-state index contributed by atoms with van der Waals surface area (Å²) in [7, 11) is -3.88. The minimum atomic E-state index is -3.88. The van der Waals surface area contributed by atoms with E-state index < -0.39 is 15.8 Å². The first-order valence-corrected chi connectivity index (χ1v) is 7.98. The molecule has 0 aliphatic rings. The zero-order chi connectivity index (χ0) is 14.9. The molecule has 0 radical (unpaired) electrons. The molecule has 0 amide bonds. The quantitative estimate of drug-likeness (QED) is 0.800. The van der Waals surface area contributed by atoms with E-state index in [2.05, 4.69) is 20.7 Å². The average molecular weight is 380 g/mol. The molecule has 2 rings (SSSR count). The first-order chi connectivity index (χ1) is 9.29. The molecular weight excluding hydrogens is 371 g/mol. The fourth-order valence-electron chi connectivity index (χ4n) is 1.46. The van der Waals surface area contributed by atoms with Crippen LogP contribution in [0, 0.1) is 5.82 Å². The van der Waals surface area contributed by atoms with E-state index in [0.29, 0.717) is 0 Å². The molecule has 0 bridgehead atoms. The van der Waals surface area contributed by atoms with Crippen LogP contribution >= 0.6 is 27.5 Å². The summed E-state index contributed by atoms with van der Waals surface area (Å²) in [6, 6.07) is 7.87. The predicted molar refractivity (Wildman–Crippen MR) is 80.8 cm³/mol. The van der Waals surface area contributed by atoms with Gasteiger partial charge < -0.3 is 5.73 Å². The molecule has 0 saturated heterocycles. The Bertz CT molecular complexity index is 768. The number of hydrogen-bond acceptors (Lipinski definition) is 3. The lowest BCUT2D eigenvalue weighted by atomic mass is 10.3. The van der Waals surface area contributed by atoms with Gasteiger partial charge in [-0.15, -0.1) is 0 Å². The van der Waals surface area contributed by atoms with Gasteiger partial charge in [0, 0.05) is 4.47 Å². The van der Waals surface area contributed by atoms with Crippen LogP contribution in [0.3, 0.4) is 0 Å². The van der Waals surface area contributed by atoms with Crippen molar-refractivity contribution >= 4 is 48.9 Å². The van der Waals surface area contributed by atoms with Crippen molar-refractivity contribution in [3.8, 4) is 0 Å². The van der Waals surface area contributed by atoms with Gasteiger partial charge in [0.05, 0.1) is 21.3 Å². The van der Waals surface area contributed by atoms with E-state index in [0.717, 1.165) is 22.7 Å². The van der Waals surface area contributed by atoms with Crippen LogP contribution in [0.5, 0.6) is 0 Å². The normalized spacial score (nSPS) is 11.3. The maximum atomic E-state index is 13.1. The lowest BCUT2D eigenvalue weighted by molar-refractivity contribution is 0.600. The van der Waals surface area contributed by atoms with Gasteiger partial charge in [0.1, 0.15) is 5.82 Å². The smallest absolute Gasteiger partial charge is 0.262 e. The van der Waals surface area contributed by atoms with Gasteiger partial charge in [-0.1, -0.05) is 27.5 Å². The topological polar surface area (TPSA) is 72.2 Å². The number of sulfonamides is 1. The van der Waals surface area contributed by atoms with Crippen molar-refractivity contribution in [3.05, 3.63) is 51.7 Å². The minimum Gasteiger partial charge on any atom is -0.396 e. The van der Waals surface area contributed by atoms with Gasteiger partial charge in [-0.25, -0.2) is 12.8 Å². The van der Waals surface area contributed by atoms with Gasteiger partial charge in [0.15, 0.2) is 0 Å². The summed E-state index contributed by atoms with van der Waals surface area (Å²) in [6.45, 7) is 0. The molecule has 106 valence electrons. The van der Waals surface area contributed by atoms with E-state index in [4.69, 9.17) is 17.3 Å². The minimum absolute atomic E-state index is 0.143. The van der Waals surface area contributed by atoms with Crippen molar-refractivity contribution in [2.75, 3.05) is 10.5 Å². The molecule has 2 aromatic carbocycles. The molecule has 8 heteroatoms. The third-order valence-corrected chi connectivity index (χ3v) is 4.62. The Hall–Kier alpha value is -1.31. The van der Waals surface area contributed by atoms with Gasteiger partial charge in [-0.2, -0.15) is 0 Å². The molecule has 0 saturated carbocycles. The Labute approximate surface area is 128 Å². The van der Waals surface area contributed by atoms with Crippen molar-refractivity contribution in [1.29, 1.82) is 0 Å². The van der Waals surface area contributed by atoms with E-state index in [1.165, 1.54) is 6.07 Å². The number of hydrogen-bond donors (Lipinski definition) is 2. The van der Waals surface area contributed by atoms with Crippen molar-refractivity contribution in [3.63, 3.8) is 0 Å². The molecule has 4 nitrogen and oxygen atoms in total. The van der Waals surface area contributed by atoms with Crippen molar-refractivity contribution in [2.45, 2.75) is 4.90 Å². The second kappa shape index (κ2) is 5.59. The monoisotopic (exact) mass is 378 g/mol. The zero-order valence-electron chi connectivity index (χ0n) is 9.90. The van der Waals surface area contributed by atoms with Crippen LogP contribution in [0.2, 0.25) is 5.02 Å². The molecule has 0 unspecified atom stereocenters.